The standard InChI is InChI=1S/C15H17FN4O/c1-2-13-17-14(19-18-13)15(21)20(12-7-8-12)9-10-3-5-11(16)6-4-10/h3-6,12H,2,7-9H2,1H3,(H,17,18,19). The first-order valence-corrected chi connectivity index (χ1v) is 7.14. The number of aromatic amines is 1. The number of aryl methyl sites for hydroxylation is 1. The Kier molecular flexibility index (Phi) is 3.68. The number of halogens is 1. The number of carbonyl (C=O) groups is 1. The molecule has 3 rings (SSSR count). The Morgan fingerprint density at radius 3 is 2.67 bits per heavy atom. The molecule has 0 bridgehead atoms. The van der Waals surface area contributed by atoms with Crippen LogP contribution >= 0.6 is 0 Å². The van der Waals surface area contributed by atoms with Crippen LogP contribution in [0, 0.1) is 5.82 Å². The van der Waals surface area contributed by atoms with Gasteiger partial charge in [0.2, 0.25) is 5.82 Å². The highest BCUT2D eigenvalue weighted by Crippen LogP contribution is 2.29. The number of rotatable bonds is 5. The Balaban J connectivity index is 1.77. The molecule has 21 heavy (non-hydrogen) atoms. The molecule has 1 N–H and O–H groups in total. The van der Waals surface area contributed by atoms with Crippen LogP contribution in [-0.2, 0) is 13.0 Å². The minimum absolute atomic E-state index is 0.169. The first kappa shape index (κ1) is 13.7. The molecular formula is C15H17FN4O. The van der Waals surface area contributed by atoms with Gasteiger partial charge in [0.1, 0.15) is 11.6 Å². The molecule has 0 atom stereocenters. The van der Waals surface area contributed by atoms with E-state index in [0.29, 0.717) is 18.8 Å². The zero-order chi connectivity index (χ0) is 14.8. The summed E-state index contributed by atoms with van der Waals surface area (Å²) in [5, 5.41) is 6.75. The molecule has 1 saturated carbocycles. The SMILES string of the molecule is CCc1nc(C(=O)N(Cc2ccc(F)cc2)C2CC2)n[nH]1. The molecule has 0 saturated heterocycles. The van der Waals surface area contributed by atoms with E-state index in [4.69, 9.17) is 0 Å². The quantitative estimate of drug-likeness (QED) is 0.918. The summed E-state index contributed by atoms with van der Waals surface area (Å²) < 4.78 is 13.0. The van der Waals surface area contributed by atoms with Gasteiger partial charge in [-0.2, -0.15) is 0 Å². The fraction of sp³-hybridized carbons (Fsp3) is 0.400. The normalized spacial score (nSPS) is 14.2. The third-order valence-electron chi connectivity index (χ3n) is 3.57. The number of amides is 1. The van der Waals surface area contributed by atoms with Gasteiger partial charge in [0, 0.05) is 19.0 Å². The Hall–Kier alpha value is -2.24. The van der Waals surface area contributed by atoms with Crippen LogP contribution in [0.25, 0.3) is 0 Å². The molecule has 1 aliphatic rings. The van der Waals surface area contributed by atoms with Gasteiger partial charge >= 0.3 is 0 Å². The van der Waals surface area contributed by atoms with Crippen molar-refractivity contribution in [3.63, 3.8) is 0 Å². The molecule has 1 aliphatic carbocycles. The molecule has 0 aliphatic heterocycles. The van der Waals surface area contributed by atoms with E-state index in [0.717, 1.165) is 18.4 Å². The molecule has 1 aromatic carbocycles. The van der Waals surface area contributed by atoms with Crippen molar-refractivity contribution in [1.29, 1.82) is 0 Å². The van der Waals surface area contributed by atoms with Crippen molar-refractivity contribution in [3.8, 4) is 0 Å². The predicted octanol–water partition coefficient (Wildman–Crippen LogP) is 2.31. The van der Waals surface area contributed by atoms with Crippen LogP contribution in [0.5, 0.6) is 0 Å². The van der Waals surface area contributed by atoms with E-state index >= 15 is 0 Å². The van der Waals surface area contributed by atoms with Crippen LogP contribution in [0.3, 0.4) is 0 Å². The zero-order valence-electron chi connectivity index (χ0n) is 11.8. The minimum Gasteiger partial charge on any atom is -0.329 e. The van der Waals surface area contributed by atoms with Gasteiger partial charge in [-0.1, -0.05) is 19.1 Å². The van der Waals surface area contributed by atoms with E-state index in [2.05, 4.69) is 15.2 Å². The lowest BCUT2D eigenvalue weighted by Crippen LogP contribution is -2.33. The number of hydrogen-bond donors (Lipinski definition) is 1. The van der Waals surface area contributed by atoms with Crippen molar-refractivity contribution in [2.45, 2.75) is 38.8 Å². The van der Waals surface area contributed by atoms with E-state index in [9.17, 15) is 9.18 Å². The fourth-order valence-electron chi connectivity index (χ4n) is 2.22. The summed E-state index contributed by atoms with van der Waals surface area (Å²) in [5.74, 6) is 0.471. The average Bonchev–Trinajstić information content (AvgIpc) is 3.22. The molecule has 110 valence electrons. The van der Waals surface area contributed by atoms with Gasteiger partial charge in [-0.05, 0) is 30.5 Å². The summed E-state index contributed by atoms with van der Waals surface area (Å²) in [4.78, 5) is 18.5. The van der Waals surface area contributed by atoms with E-state index in [1.54, 1.807) is 17.0 Å². The number of benzene rings is 1. The van der Waals surface area contributed by atoms with Crippen molar-refractivity contribution >= 4 is 5.91 Å². The highest BCUT2D eigenvalue weighted by molar-refractivity contribution is 5.90. The van der Waals surface area contributed by atoms with E-state index in [-0.39, 0.29) is 23.6 Å². The van der Waals surface area contributed by atoms with E-state index < -0.39 is 0 Å². The molecule has 1 heterocycles. The Morgan fingerprint density at radius 1 is 1.38 bits per heavy atom. The van der Waals surface area contributed by atoms with Crippen molar-refractivity contribution in [2.24, 2.45) is 0 Å². The van der Waals surface area contributed by atoms with Crippen molar-refractivity contribution in [3.05, 3.63) is 47.3 Å². The van der Waals surface area contributed by atoms with Gasteiger partial charge < -0.3 is 4.90 Å². The Labute approximate surface area is 122 Å². The fourth-order valence-corrected chi connectivity index (χ4v) is 2.22. The van der Waals surface area contributed by atoms with Gasteiger partial charge in [-0.3, -0.25) is 9.89 Å². The molecule has 0 radical (unpaired) electrons. The van der Waals surface area contributed by atoms with Gasteiger partial charge in [-0.15, -0.1) is 5.10 Å². The second kappa shape index (κ2) is 5.63. The second-order valence-electron chi connectivity index (χ2n) is 5.25. The van der Waals surface area contributed by atoms with Gasteiger partial charge in [0.25, 0.3) is 5.91 Å². The lowest BCUT2D eigenvalue weighted by atomic mass is 10.2. The average molecular weight is 288 g/mol. The number of hydrogen-bond acceptors (Lipinski definition) is 3. The first-order valence-electron chi connectivity index (χ1n) is 7.14. The third kappa shape index (κ3) is 3.09. The van der Waals surface area contributed by atoms with Crippen molar-refractivity contribution in [2.75, 3.05) is 0 Å². The maximum atomic E-state index is 13.0. The largest absolute Gasteiger partial charge is 0.329 e. The Morgan fingerprint density at radius 2 is 2.10 bits per heavy atom. The predicted molar refractivity (Wildman–Crippen MR) is 75.1 cm³/mol. The number of nitrogens with zero attached hydrogens (tertiary/aromatic N) is 3. The zero-order valence-corrected chi connectivity index (χ0v) is 11.8. The summed E-state index contributed by atoms with van der Waals surface area (Å²) >= 11 is 0. The molecule has 5 nitrogen and oxygen atoms in total. The summed E-state index contributed by atoms with van der Waals surface area (Å²) in [7, 11) is 0. The summed E-state index contributed by atoms with van der Waals surface area (Å²) in [5.41, 5.74) is 0.905. The second-order valence-corrected chi connectivity index (χ2v) is 5.25. The minimum atomic E-state index is -0.274. The Bertz CT molecular complexity index is 633. The maximum absolute atomic E-state index is 13.0. The number of nitrogens with one attached hydrogen (secondary N) is 1. The van der Waals surface area contributed by atoms with Crippen molar-refractivity contribution in [1.82, 2.24) is 20.1 Å². The highest BCUT2D eigenvalue weighted by Gasteiger charge is 2.34. The number of H-pyrrole nitrogens is 1. The van der Waals surface area contributed by atoms with Gasteiger partial charge in [-0.25, -0.2) is 9.37 Å². The molecular weight excluding hydrogens is 271 g/mol. The lowest BCUT2D eigenvalue weighted by molar-refractivity contribution is 0.0718. The van der Waals surface area contributed by atoms with Crippen LogP contribution in [0.15, 0.2) is 24.3 Å². The molecule has 1 amide bonds. The molecule has 6 heteroatoms. The monoisotopic (exact) mass is 288 g/mol. The van der Waals surface area contributed by atoms with E-state index in [1.807, 2.05) is 6.92 Å². The molecule has 1 fully saturated rings. The maximum Gasteiger partial charge on any atom is 0.294 e. The first-order chi connectivity index (χ1) is 10.2. The van der Waals surface area contributed by atoms with Crippen LogP contribution < -0.4 is 0 Å². The summed E-state index contributed by atoms with van der Waals surface area (Å²) in [6, 6.07) is 6.46. The highest BCUT2D eigenvalue weighted by atomic mass is 19.1. The van der Waals surface area contributed by atoms with Crippen LogP contribution in [0.2, 0.25) is 0 Å². The lowest BCUT2D eigenvalue weighted by Gasteiger charge is -2.21. The number of aromatic nitrogens is 3. The summed E-state index contributed by atoms with van der Waals surface area (Å²) in [6.45, 7) is 2.41. The van der Waals surface area contributed by atoms with E-state index in [1.165, 1.54) is 12.1 Å². The van der Waals surface area contributed by atoms with Crippen LogP contribution in [0.4, 0.5) is 4.39 Å². The van der Waals surface area contributed by atoms with Crippen LogP contribution in [-0.4, -0.2) is 32.0 Å². The molecule has 1 aromatic heterocycles. The molecule has 0 unspecified atom stereocenters. The van der Waals surface area contributed by atoms with Gasteiger partial charge in [0.15, 0.2) is 0 Å². The van der Waals surface area contributed by atoms with Crippen LogP contribution in [0.1, 0.15) is 41.8 Å². The van der Waals surface area contributed by atoms with Crippen molar-refractivity contribution < 1.29 is 9.18 Å². The van der Waals surface area contributed by atoms with Gasteiger partial charge in [0.05, 0.1) is 0 Å². The molecule has 0 spiro atoms. The molecule has 2 aromatic rings. The topological polar surface area (TPSA) is 61.9 Å². The smallest absolute Gasteiger partial charge is 0.294 e. The summed E-state index contributed by atoms with van der Waals surface area (Å²) in [6.07, 6.45) is 2.71. The number of carbonyl (C=O) groups excluding carboxylic acids is 1. The third-order valence-corrected chi connectivity index (χ3v) is 3.57.